The molecule has 31 heavy (non-hydrogen) atoms. The van der Waals surface area contributed by atoms with Crippen LogP contribution in [-0.4, -0.2) is 37.7 Å². The van der Waals surface area contributed by atoms with Crippen molar-refractivity contribution in [2.45, 2.75) is 13.1 Å². The largest absolute Gasteiger partial charge is 0.496 e. The minimum Gasteiger partial charge on any atom is -0.496 e. The van der Waals surface area contributed by atoms with Gasteiger partial charge in [0.05, 0.1) is 43.8 Å². The Morgan fingerprint density at radius 1 is 1.32 bits per heavy atom. The molecule has 0 saturated carbocycles. The molecule has 10 nitrogen and oxygen atoms in total. The lowest BCUT2D eigenvalue weighted by Gasteiger charge is -2.11. The smallest absolute Gasteiger partial charge is 0.389 e. The maximum absolute atomic E-state index is 12.8. The van der Waals surface area contributed by atoms with Crippen LogP contribution in [0.5, 0.6) is 5.75 Å². The first-order valence-corrected chi connectivity index (χ1v) is 9.57. The number of nitro groups is 1. The average Bonchev–Trinajstić information content (AvgIpc) is 3.47. The minimum atomic E-state index is -0.552. The molecule has 1 fully saturated rings. The van der Waals surface area contributed by atoms with Crippen LogP contribution in [0.4, 0.5) is 5.82 Å². The van der Waals surface area contributed by atoms with E-state index in [-0.39, 0.29) is 24.8 Å². The minimum absolute atomic E-state index is 0.233. The van der Waals surface area contributed by atoms with E-state index in [1.165, 1.54) is 35.2 Å². The standard InChI is InChI=1S/C20H17N5O5S/c1-29-17-5-4-13(9-14(17)11-23-7-6-18(22-23)25(27)28)10-16-19(26)24(20(31)21-16)12-15-3-2-8-30-15/h2-10H,11-12H2,1H3,(H,21,31)/b16-10+. The number of ether oxygens (including phenoxy) is 1. The first kappa shape index (κ1) is 20.3. The van der Waals surface area contributed by atoms with Gasteiger partial charge in [0.1, 0.15) is 17.2 Å². The molecule has 0 aliphatic carbocycles. The van der Waals surface area contributed by atoms with E-state index in [9.17, 15) is 14.9 Å². The van der Waals surface area contributed by atoms with E-state index in [4.69, 9.17) is 21.4 Å². The zero-order valence-electron chi connectivity index (χ0n) is 16.3. The quantitative estimate of drug-likeness (QED) is 0.259. The third-order valence-corrected chi connectivity index (χ3v) is 4.94. The van der Waals surface area contributed by atoms with Gasteiger partial charge in [-0.25, -0.2) is 0 Å². The van der Waals surface area contributed by atoms with E-state index in [0.717, 1.165) is 11.1 Å². The van der Waals surface area contributed by atoms with Crippen LogP contribution in [-0.2, 0) is 17.9 Å². The first-order valence-electron chi connectivity index (χ1n) is 9.16. The van der Waals surface area contributed by atoms with Gasteiger partial charge in [-0.3, -0.25) is 9.69 Å². The number of carbonyl (C=O) groups is 1. The summed E-state index contributed by atoms with van der Waals surface area (Å²) in [6.45, 7) is 0.499. The maximum Gasteiger partial charge on any atom is 0.389 e. The zero-order chi connectivity index (χ0) is 22.0. The third-order valence-electron chi connectivity index (χ3n) is 4.62. The molecule has 1 aliphatic rings. The highest BCUT2D eigenvalue weighted by Gasteiger charge is 2.31. The predicted octanol–water partition coefficient (Wildman–Crippen LogP) is 2.70. The van der Waals surface area contributed by atoms with Gasteiger partial charge in [0.15, 0.2) is 5.11 Å². The molecule has 1 amide bonds. The Bertz CT molecular complexity index is 1180. The number of aromatic nitrogens is 2. The van der Waals surface area contributed by atoms with E-state index < -0.39 is 4.92 Å². The Hall–Kier alpha value is -3.99. The van der Waals surface area contributed by atoms with Crippen LogP contribution in [0.15, 0.2) is 59.0 Å². The van der Waals surface area contributed by atoms with Crippen molar-refractivity contribution in [1.29, 1.82) is 0 Å². The van der Waals surface area contributed by atoms with Gasteiger partial charge >= 0.3 is 5.82 Å². The summed E-state index contributed by atoms with van der Waals surface area (Å²) in [6, 6.07) is 10.2. The summed E-state index contributed by atoms with van der Waals surface area (Å²) < 4.78 is 12.1. The zero-order valence-corrected chi connectivity index (χ0v) is 17.2. The molecule has 0 atom stereocenters. The SMILES string of the molecule is COc1ccc(/C=C2/NC(=S)N(Cc3ccco3)C2=O)cc1Cn1ccc([N+](=O)[O-])n1. The Morgan fingerprint density at radius 3 is 2.84 bits per heavy atom. The molecule has 2 aromatic heterocycles. The number of hydrogen-bond acceptors (Lipinski definition) is 7. The van der Waals surface area contributed by atoms with Gasteiger partial charge in [-0.1, -0.05) is 6.07 Å². The number of carbonyl (C=O) groups excluding carboxylic acids is 1. The number of amides is 1. The normalized spacial score (nSPS) is 14.9. The number of furan rings is 1. The molecular weight excluding hydrogens is 422 g/mol. The van der Waals surface area contributed by atoms with Crippen molar-refractivity contribution >= 4 is 35.1 Å². The molecule has 158 valence electrons. The van der Waals surface area contributed by atoms with Crippen LogP contribution in [0.1, 0.15) is 16.9 Å². The fraction of sp³-hybridized carbons (Fsp3) is 0.150. The number of nitrogens with one attached hydrogen (secondary N) is 1. The summed E-state index contributed by atoms with van der Waals surface area (Å²) in [5.74, 6) is 0.726. The molecular formula is C20H17N5O5S. The number of hydrogen-bond donors (Lipinski definition) is 1. The van der Waals surface area contributed by atoms with Gasteiger partial charge in [-0.15, -0.1) is 0 Å². The van der Waals surface area contributed by atoms with E-state index in [1.54, 1.807) is 30.3 Å². The maximum atomic E-state index is 12.8. The highest BCUT2D eigenvalue weighted by molar-refractivity contribution is 7.80. The molecule has 0 unspecified atom stereocenters. The van der Waals surface area contributed by atoms with E-state index in [1.807, 2.05) is 6.07 Å². The molecule has 4 rings (SSSR count). The molecule has 1 N–H and O–H groups in total. The van der Waals surface area contributed by atoms with Crippen LogP contribution in [0.3, 0.4) is 0 Å². The highest BCUT2D eigenvalue weighted by atomic mass is 32.1. The van der Waals surface area contributed by atoms with Crippen LogP contribution in [0.25, 0.3) is 6.08 Å². The Labute approximate surface area is 181 Å². The van der Waals surface area contributed by atoms with E-state index in [2.05, 4.69) is 10.4 Å². The van der Waals surface area contributed by atoms with Crippen molar-refractivity contribution in [2.75, 3.05) is 7.11 Å². The van der Waals surface area contributed by atoms with Crippen LogP contribution >= 0.6 is 12.2 Å². The second kappa shape index (κ2) is 8.40. The number of nitrogens with zero attached hydrogens (tertiary/aromatic N) is 4. The molecule has 0 bridgehead atoms. The lowest BCUT2D eigenvalue weighted by atomic mass is 10.1. The van der Waals surface area contributed by atoms with Gasteiger partial charge in [-0.2, -0.15) is 4.68 Å². The number of rotatable bonds is 7. The van der Waals surface area contributed by atoms with Crippen molar-refractivity contribution in [3.63, 3.8) is 0 Å². The van der Waals surface area contributed by atoms with E-state index in [0.29, 0.717) is 22.3 Å². The first-order chi connectivity index (χ1) is 14.9. The second-order valence-electron chi connectivity index (χ2n) is 6.66. The Morgan fingerprint density at radius 2 is 2.16 bits per heavy atom. The van der Waals surface area contributed by atoms with Gasteiger partial charge in [0.25, 0.3) is 5.91 Å². The molecule has 1 saturated heterocycles. The summed E-state index contributed by atoms with van der Waals surface area (Å²) in [7, 11) is 1.54. The van der Waals surface area contributed by atoms with Crippen molar-refractivity contribution in [3.05, 3.63) is 81.6 Å². The van der Waals surface area contributed by atoms with Crippen molar-refractivity contribution in [1.82, 2.24) is 20.0 Å². The van der Waals surface area contributed by atoms with Gasteiger partial charge in [0, 0.05) is 5.56 Å². The highest BCUT2D eigenvalue weighted by Crippen LogP contribution is 2.24. The number of thiocarbonyl (C=S) groups is 1. The number of methoxy groups -OCH3 is 1. The molecule has 3 heterocycles. The van der Waals surface area contributed by atoms with Crippen molar-refractivity contribution in [3.8, 4) is 5.75 Å². The molecule has 11 heteroatoms. The van der Waals surface area contributed by atoms with Crippen molar-refractivity contribution in [2.24, 2.45) is 0 Å². The molecule has 1 aromatic carbocycles. The van der Waals surface area contributed by atoms with Crippen molar-refractivity contribution < 1.29 is 18.9 Å². The third kappa shape index (κ3) is 4.31. The van der Waals surface area contributed by atoms with Crippen LogP contribution < -0.4 is 10.1 Å². The number of benzene rings is 1. The molecule has 0 radical (unpaired) electrons. The summed E-state index contributed by atoms with van der Waals surface area (Å²) in [5.41, 5.74) is 1.81. The summed E-state index contributed by atoms with van der Waals surface area (Å²) in [5, 5.41) is 18.0. The van der Waals surface area contributed by atoms with Gasteiger partial charge in [-0.05, 0) is 53.0 Å². The summed E-state index contributed by atoms with van der Waals surface area (Å²) in [6.07, 6.45) is 4.75. The van der Waals surface area contributed by atoms with E-state index >= 15 is 0 Å². The summed E-state index contributed by atoms with van der Waals surface area (Å²) >= 11 is 5.28. The predicted molar refractivity (Wildman–Crippen MR) is 114 cm³/mol. The molecule has 1 aliphatic heterocycles. The second-order valence-corrected chi connectivity index (χ2v) is 7.05. The fourth-order valence-electron chi connectivity index (χ4n) is 3.16. The van der Waals surface area contributed by atoms with Gasteiger partial charge < -0.3 is 24.6 Å². The monoisotopic (exact) mass is 439 g/mol. The topological polar surface area (TPSA) is 116 Å². The lowest BCUT2D eigenvalue weighted by molar-refractivity contribution is -0.389. The molecule has 3 aromatic rings. The van der Waals surface area contributed by atoms with Crippen LogP contribution in [0, 0.1) is 10.1 Å². The Balaban J connectivity index is 1.57. The summed E-state index contributed by atoms with van der Waals surface area (Å²) in [4.78, 5) is 24.5. The van der Waals surface area contributed by atoms with Gasteiger partial charge in [0.2, 0.25) is 0 Å². The Kier molecular flexibility index (Phi) is 5.50. The molecule has 0 spiro atoms. The average molecular weight is 439 g/mol. The fourth-order valence-corrected chi connectivity index (χ4v) is 3.42. The van der Waals surface area contributed by atoms with Crippen LogP contribution in [0.2, 0.25) is 0 Å². The lowest BCUT2D eigenvalue weighted by Crippen LogP contribution is -2.29.